The predicted octanol–water partition coefficient (Wildman–Crippen LogP) is 0.860. The van der Waals surface area contributed by atoms with Crippen molar-refractivity contribution in [2.75, 3.05) is 19.8 Å². The van der Waals surface area contributed by atoms with E-state index in [9.17, 15) is 0 Å². The fraction of sp³-hybridized carbons (Fsp3) is 0.455. The quantitative estimate of drug-likeness (QED) is 0.850. The van der Waals surface area contributed by atoms with Crippen LogP contribution < -0.4 is 5.32 Å². The number of morpholine rings is 1. The van der Waals surface area contributed by atoms with Crippen molar-refractivity contribution < 1.29 is 13.7 Å². The Morgan fingerprint density at radius 1 is 1.47 bits per heavy atom. The number of nitrogens with one attached hydrogen (secondary N) is 1. The summed E-state index contributed by atoms with van der Waals surface area (Å²) in [5.74, 6) is 1.18. The van der Waals surface area contributed by atoms with E-state index in [1.54, 1.807) is 18.6 Å². The van der Waals surface area contributed by atoms with E-state index in [2.05, 4.69) is 15.5 Å². The summed E-state index contributed by atoms with van der Waals surface area (Å²) >= 11 is 0. The van der Waals surface area contributed by atoms with E-state index in [-0.39, 0.29) is 6.04 Å². The number of hydrogen-bond donors (Lipinski definition) is 1. The third-order valence-electron chi connectivity index (χ3n) is 2.67. The third kappa shape index (κ3) is 2.37. The van der Waals surface area contributed by atoms with Crippen molar-refractivity contribution in [2.45, 2.75) is 12.5 Å². The van der Waals surface area contributed by atoms with Gasteiger partial charge in [0.1, 0.15) is 6.26 Å². The molecule has 1 fully saturated rings. The normalized spacial score (nSPS) is 20.6. The van der Waals surface area contributed by atoms with Crippen LogP contribution in [0.4, 0.5) is 0 Å². The summed E-state index contributed by atoms with van der Waals surface area (Å²) < 4.78 is 15.5. The minimum Gasteiger partial charge on any atom is -0.472 e. The van der Waals surface area contributed by atoms with Crippen molar-refractivity contribution >= 4 is 0 Å². The maximum Gasteiger partial charge on any atom is 0.228 e. The van der Waals surface area contributed by atoms with Gasteiger partial charge in [-0.2, -0.15) is 4.98 Å². The van der Waals surface area contributed by atoms with Crippen molar-refractivity contribution in [1.82, 2.24) is 15.5 Å². The highest BCUT2D eigenvalue weighted by Gasteiger charge is 2.17. The Hall–Kier alpha value is -1.66. The number of rotatable bonds is 3. The molecule has 1 unspecified atom stereocenters. The number of nitrogens with zero attached hydrogens (tertiary/aromatic N) is 2. The van der Waals surface area contributed by atoms with Crippen LogP contribution in [0.25, 0.3) is 11.4 Å². The fourth-order valence-electron chi connectivity index (χ4n) is 1.81. The second kappa shape index (κ2) is 4.68. The molecule has 1 atom stereocenters. The lowest BCUT2D eigenvalue weighted by Crippen LogP contribution is -2.42. The topological polar surface area (TPSA) is 73.3 Å². The van der Waals surface area contributed by atoms with Crippen LogP contribution in [0.2, 0.25) is 0 Å². The predicted molar refractivity (Wildman–Crippen MR) is 58.3 cm³/mol. The van der Waals surface area contributed by atoms with E-state index in [0.717, 1.165) is 18.7 Å². The lowest BCUT2D eigenvalue weighted by Gasteiger charge is -2.22. The zero-order valence-corrected chi connectivity index (χ0v) is 9.26. The van der Waals surface area contributed by atoms with Gasteiger partial charge in [0.25, 0.3) is 0 Å². The second-order valence-electron chi connectivity index (χ2n) is 3.95. The van der Waals surface area contributed by atoms with Crippen LogP contribution in [0, 0.1) is 0 Å². The largest absolute Gasteiger partial charge is 0.472 e. The maximum atomic E-state index is 5.37. The van der Waals surface area contributed by atoms with E-state index in [1.807, 2.05) is 0 Å². The van der Waals surface area contributed by atoms with Crippen molar-refractivity contribution in [3.8, 4) is 11.4 Å². The second-order valence-corrected chi connectivity index (χ2v) is 3.95. The smallest absolute Gasteiger partial charge is 0.228 e. The standard InChI is InChI=1S/C11H13N3O3/c1-3-15-6-8(1)11-13-10(17-14-11)5-9-7-16-4-2-12-9/h1,3,6,9,12H,2,4-5,7H2. The highest BCUT2D eigenvalue weighted by molar-refractivity contribution is 5.51. The summed E-state index contributed by atoms with van der Waals surface area (Å²) in [5, 5.41) is 7.25. The molecular formula is C11H13N3O3. The van der Waals surface area contributed by atoms with Crippen LogP contribution in [0.5, 0.6) is 0 Å². The van der Waals surface area contributed by atoms with Gasteiger partial charge < -0.3 is 19.0 Å². The summed E-state index contributed by atoms with van der Waals surface area (Å²) in [6, 6.07) is 2.05. The monoisotopic (exact) mass is 235 g/mol. The molecule has 0 aromatic carbocycles. The van der Waals surface area contributed by atoms with Crippen molar-refractivity contribution in [1.29, 1.82) is 0 Å². The highest BCUT2D eigenvalue weighted by atomic mass is 16.5. The molecule has 3 heterocycles. The first-order valence-electron chi connectivity index (χ1n) is 5.58. The first-order valence-corrected chi connectivity index (χ1v) is 5.58. The van der Waals surface area contributed by atoms with Crippen molar-refractivity contribution in [3.05, 3.63) is 24.5 Å². The molecule has 2 aromatic rings. The molecule has 1 saturated heterocycles. The Kier molecular flexibility index (Phi) is 2.89. The molecule has 0 amide bonds. The molecule has 6 nitrogen and oxygen atoms in total. The summed E-state index contributed by atoms with van der Waals surface area (Å²) in [7, 11) is 0. The summed E-state index contributed by atoms with van der Waals surface area (Å²) in [5.41, 5.74) is 0.827. The molecule has 17 heavy (non-hydrogen) atoms. The molecule has 90 valence electrons. The van der Waals surface area contributed by atoms with Gasteiger partial charge in [-0.05, 0) is 6.07 Å². The fourth-order valence-corrected chi connectivity index (χ4v) is 1.81. The number of aromatic nitrogens is 2. The van der Waals surface area contributed by atoms with Gasteiger partial charge in [0.15, 0.2) is 0 Å². The number of furan rings is 1. The molecule has 1 aliphatic heterocycles. The third-order valence-corrected chi connectivity index (χ3v) is 2.67. The maximum absolute atomic E-state index is 5.37. The summed E-state index contributed by atoms with van der Waals surface area (Å²) in [6.45, 7) is 2.32. The van der Waals surface area contributed by atoms with Crippen molar-refractivity contribution in [2.24, 2.45) is 0 Å². The molecule has 0 radical (unpaired) electrons. The molecule has 2 aromatic heterocycles. The average molecular weight is 235 g/mol. The van der Waals surface area contributed by atoms with Gasteiger partial charge >= 0.3 is 0 Å². The molecule has 0 aliphatic carbocycles. The Labute approximate surface area is 98.0 Å². The molecule has 1 N–H and O–H groups in total. The van der Waals surface area contributed by atoms with Gasteiger partial charge in [0, 0.05) is 19.0 Å². The minimum atomic E-state index is 0.251. The molecule has 0 spiro atoms. The number of hydrogen-bond acceptors (Lipinski definition) is 6. The Balaban J connectivity index is 1.68. The van der Waals surface area contributed by atoms with Gasteiger partial charge in [-0.25, -0.2) is 0 Å². The SMILES string of the molecule is c1cc(-c2noc(CC3COCCN3)n2)co1. The van der Waals surface area contributed by atoms with Gasteiger partial charge in [0.2, 0.25) is 11.7 Å². The highest BCUT2D eigenvalue weighted by Crippen LogP contribution is 2.16. The molecule has 0 saturated carbocycles. The van der Waals surface area contributed by atoms with E-state index >= 15 is 0 Å². The van der Waals surface area contributed by atoms with Gasteiger partial charge in [-0.1, -0.05) is 5.16 Å². The van der Waals surface area contributed by atoms with Crippen LogP contribution in [-0.4, -0.2) is 35.9 Å². The zero-order chi connectivity index (χ0) is 11.5. The van der Waals surface area contributed by atoms with E-state index in [4.69, 9.17) is 13.7 Å². The first-order chi connectivity index (χ1) is 8.42. The van der Waals surface area contributed by atoms with Crippen LogP contribution in [0.1, 0.15) is 5.89 Å². The molecule has 6 heteroatoms. The number of ether oxygens (including phenoxy) is 1. The van der Waals surface area contributed by atoms with Crippen molar-refractivity contribution in [3.63, 3.8) is 0 Å². The minimum absolute atomic E-state index is 0.251. The first kappa shape index (κ1) is 10.5. The van der Waals surface area contributed by atoms with Crippen LogP contribution in [0.3, 0.4) is 0 Å². The van der Waals surface area contributed by atoms with Gasteiger partial charge in [0.05, 0.1) is 25.0 Å². The summed E-state index contributed by atoms with van der Waals surface area (Å²) in [4.78, 5) is 4.31. The Morgan fingerprint density at radius 2 is 2.47 bits per heavy atom. The average Bonchev–Trinajstić information content (AvgIpc) is 3.00. The Morgan fingerprint density at radius 3 is 3.24 bits per heavy atom. The molecular weight excluding hydrogens is 222 g/mol. The van der Waals surface area contributed by atoms with Gasteiger partial charge in [-0.3, -0.25) is 0 Å². The van der Waals surface area contributed by atoms with E-state index in [0.29, 0.717) is 24.7 Å². The van der Waals surface area contributed by atoms with E-state index < -0.39 is 0 Å². The van der Waals surface area contributed by atoms with Crippen LogP contribution in [0.15, 0.2) is 27.5 Å². The zero-order valence-electron chi connectivity index (χ0n) is 9.26. The van der Waals surface area contributed by atoms with Gasteiger partial charge in [-0.15, -0.1) is 0 Å². The molecule has 0 bridgehead atoms. The Bertz CT molecular complexity index is 460. The molecule has 1 aliphatic rings. The molecule has 3 rings (SSSR count). The van der Waals surface area contributed by atoms with E-state index in [1.165, 1.54) is 0 Å². The lowest BCUT2D eigenvalue weighted by molar-refractivity contribution is 0.0744. The lowest BCUT2D eigenvalue weighted by atomic mass is 10.2. The van der Waals surface area contributed by atoms with Crippen LogP contribution >= 0.6 is 0 Å². The summed E-state index contributed by atoms with van der Waals surface area (Å²) in [6.07, 6.45) is 3.86. The van der Waals surface area contributed by atoms with Crippen LogP contribution in [-0.2, 0) is 11.2 Å².